The fraction of sp³-hybridized carbons (Fsp3) is 0.818. The molecule has 3 nitrogen and oxygen atoms in total. The van der Waals surface area contributed by atoms with Crippen molar-refractivity contribution in [3.05, 3.63) is 10.6 Å². The fourth-order valence-electron chi connectivity index (χ4n) is 2.08. The van der Waals surface area contributed by atoms with Crippen LogP contribution in [0.15, 0.2) is 0 Å². The summed E-state index contributed by atoms with van der Waals surface area (Å²) in [5, 5.41) is 7.18. The molecule has 0 saturated heterocycles. The first-order valence-electron chi connectivity index (χ1n) is 5.83. The van der Waals surface area contributed by atoms with E-state index in [0.29, 0.717) is 5.92 Å². The van der Waals surface area contributed by atoms with Crippen molar-refractivity contribution in [2.24, 2.45) is 5.92 Å². The van der Waals surface area contributed by atoms with E-state index >= 15 is 0 Å². The Morgan fingerprint density at radius 2 is 2.27 bits per heavy atom. The molecule has 0 aromatic carbocycles. The molecule has 2 rings (SSSR count). The van der Waals surface area contributed by atoms with Gasteiger partial charge in [0.2, 0.25) is 0 Å². The average molecular weight is 225 g/mol. The number of rotatable bonds is 4. The Bertz CT molecular complexity index is 373. The van der Waals surface area contributed by atoms with Gasteiger partial charge < -0.3 is 4.57 Å². The second kappa shape index (κ2) is 4.47. The number of nitrogens with zero attached hydrogens (tertiary/aromatic N) is 2. The van der Waals surface area contributed by atoms with Gasteiger partial charge in [-0.1, -0.05) is 33.1 Å². The van der Waals surface area contributed by atoms with Crippen LogP contribution >= 0.6 is 12.2 Å². The third-order valence-electron chi connectivity index (χ3n) is 3.29. The predicted molar refractivity (Wildman–Crippen MR) is 63.5 cm³/mol. The summed E-state index contributed by atoms with van der Waals surface area (Å²) in [6.45, 7) is 5.35. The van der Waals surface area contributed by atoms with Crippen molar-refractivity contribution in [1.29, 1.82) is 0 Å². The third-order valence-corrected chi connectivity index (χ3v) is 3.60. The summed E-state index contributed by atoms with van der Waals surface area (Å²) in [5.74, 6) is 2.47. The smallest absolute Gasteiger partial charge is 0.195 e. The largest absolute Gasteiger partial charge is 0.304 e. The summed E-state index contributed by atoms with van der Waals surface area (Å²) in [4.78, 5) is 0. The molecular weight excluding hydrogens is 206 g/mol. The standard InChI is InChI=1S/C11H19N3S/c1-8(2)10-12-13-11(15)14(10)7-6-9-4-3-5-9/h8-9H,3-7H2,1-2H3,(H,13,15). The van der Waals surface area contributed by atoms with Crippen molar-refractivity contribution in [3.8, 4) is 0 Å². The number of nitrogens with one attached hydrogen (secondary N) is 1. The molecule has 1 saturated carbocycles. The molecule has 1 N–H and O–H groups in total. The zero-order chi connectivity index (χ0) is 10.8. The molecule has 0 aliphatic heterocycles. The first kappa shape index (κ1) is 10.9. The molecule has 1 aromatic heterocycles. The van der Waals surface area contributed by atoms with E-state index in [4.69, 9.17) is 12.2 Å². The molecule has 0 amide bonds. The number of hydrogen-bond donors (Lipinski definition) is 1. The van der Waals surface area contributed by atoms with E-state index in [0.717, 1.165) is 23.1 Å². The molecule has 0 radical (unpaired) electrons. The zero-order valence-electron chi connectivity index (χ0n) is 9.49. The molecule has 1 fully saturated rings. The van der Waals surface area contributed by atoms with E-state index in [1.165, 1.54) is 25.7 Å². The van der Waals surface area contributed by atoms with Gasteiger partial charge in [-0.15, -0.1) is 0 Å². The molecule has 0 unspecified atom stereocenters. The molecule has 0 atom stereocenters. The fourth-order valence-corrected chi connectivity index (χ4v) is 2.31. The van der Waals surface area contributed by atoms with Crippen LogP contribution in [0.3, 0.4) is 0 Å². The molecule has 4 heteroatoms. The SMILES string of the molecule is CC(C)c1n[nH]c(=S)n1CCC1CCC1. The maximum Gasteiger partial charge on any atom is 0.195 e. The van der Waals surface area contributed by atoms with Gasteiger partial charge in [-0.2, -0.15) is 5.10 Å². The molecule has 1 aliphatic rings. The van der Waals surface area contributed by atoms with Gasteiger partial charge in [0.05, 0.1) is 0 Å². The Balaban J connectivity index is 2.04. The van der Waals surface area contributed by atoms with Gasteiger partial charge in [0, 0.05) is 12.5 Å². The van der Waals surface area contributed by atoms with E-state index in [-0.39, 0.29) is 0 Å². The van der Waals surface area contributed by atoms with Gasteiger partial charge in [-0.05, 0) is 24.6 Å². The maximum atomic E-state index is 5.24. The normalized spacial score (nSPS) is 17.0. The lowest BCUT2D eigenvalue weighted by Gasteiger charge is -2.25. The van der Waals surface area contributed by atoms with Crippen molar-refractivity contribution in [3.63, 3.8) is 0 Å². The molecular formula is C11H19N3S. The van der Waals surface area contributed by atoms with Crippen molar-refractivity contribution < 1.29 is 0 Å². The minimum absolute atomic E-state index is 0.444. The summed E-state index contributed by atoms with van der Waals surface area (Å²) in [5.41, 5.74) is 0. The topological polar surface area (TPSA) is 33.6 Å². The Hall–Kier alpha value is -0.640. The van der Waals surface area contributed by atoms with Gasteiger partial charge in [0.25, 0.3) is 0 Å². The first-order valence-corrected chi connectivity index (χ1v) is 6.24. The van der Waals surface area contributed by atoms with Crippen LogP contribution in [0.2, 0.25) is 0 Å². The van der Waals surface area contributed by atoms with E-state index in [2.05, 4.69) is 28.6 Å². The van der Waals surface area contributed by atoms with Crippen molar-refractivity contribution in [2.75, 3.05) is 0 Å². The van der Waals surface area contributed by atoms with Crippen LogP contribution in [-0.4, -0.2) is 14.8 Å². The Morgan fingerprint density at radius 3 is 2.80 bits per heavy atom. The lowest BCUT2D eigenvalue weighted by Crippen LogP contribution is -2.15. The quantitative estimate of drug-likeness (QED) is 0.798. The first-order chi connectivity index (χ1) is 7.18. The number of H-pyrrole nitrogens is 1. The highest BCUT2D eigenvalue weighted by Gasteiger charge is 2.18. The zero-order valence-corrected chi connectivity index (χ0v) is 10.3. The minimum Gasteiger partial charge on any atom is -0.304 e. The summed E-state index contributed by atoms with van der Waals surface area (Å²) < 4.78 is 2.94. The van der Waals surface area contributed by atoms with E-state index < -0.39 is 0 Å². The van der Waals surface area contributed by atoms with Gasteiger partial charge in [-0.3, -0.25) is 5.10 Å². The van der Waals surface area contributed by atoms with Crippen LogP contribution in [-0.2, 0) is 6.54 Å². The second-order valence-electron chi connectivity index (χ2n) is 4.78. The minimum atomic E-state index is 0.444. The van der Waals surface area contributed by atoms with Crippen molar-refractivity contribution >= 4 is 12.2 Å². The molecule has 0 spiro atoms. The summed E-state index contributed by atoms with van der Waals surface area (Å²) in [6.07, 6.45) is 5.48. The molecule has 1 heterocycles. The Morgan fingerprint density at radius 1 is 1.53 bits per heavy atom. The van der Waals surface area contributed by atoms with Crippen LogP contribution in [0.1, 0.15) is 51.3 Å². The summed E-state index contributed by atoms with van der Waals surface area (Å²) in [7, 11) is 0. The number of hydrogen-bond acceptors (Lipinski definition) is 2. The van der Waals surface area contributed by atoms with E-state index in [1.807, 2.05) is 0 Å². The van der Waals surface area contributed by atoms with Gasteiger partial charge in [0.1, 0.15) is 5.82 Å². The molecule has 1 aromatic rings. The van der Waals surface area contributed by atoms with Crippen LogP contribution in [0.5, 0.6) is 0 Å². The monoisotopic (exact) mass is 225 g/mol. The van der Waals surface area contributed by atoms with Crippen molar-refractivity contribution in [2.45, 2.75) is 52.0 Å². The van der Waals surface area contributed by atoms with Gasteiger partial charge >= 0.3 is 0 Å². The lowest BCUT2D eigenvalue weighted by molar-refractivity contribution is 0.280. The number of aromatic amines is 1. The maximum absolute atomic E-state index is 5.24. The summed E-state index contributed by atoms with van der Waals surface area (Å²) >= 11 is 5.24. The van der Waals surface area contributed by atoms with Crippen LogP contribution < -0.4 is 0 Å². The van der Waals surface area contributed by atoms with Crippen LogP contribution in [0.25, 0.3) is 0 Å². The highest BCUT2D eigenvalue weighted by atomic mass is 32.1. The van der Waals surface area contributed by atoms with Crippen LogP contribution in [0.4, 0.5) is 0 Å². The van der Waals surface area contributed by atoms with E-state index in [9.17, 15) is 0 Å². The second-order valence-corrected chi connectivity index (χ2v) is 5.17. The van der Waals surface area contributed by atoms with Gasteiger partial charge in [0.15, 0.2) is 4.77 Å². The molecule has 1 aliphatic carbocycles. The average Bonchev–Trinajstić information content (AvgIpc) is 2.45. The lowest BCUT2D eigenvalue weighted by atomic mass is 9.83. The van der Waals surface area contributed by atoms with Crippen molar-refractivity contribution in [1.82, 2.24) is 14.8 Å². The Kier molecular flexibility index (Phi) is 3.24. The predicted octanol–water partition coefficient (Wildman–Crippen LogP) is 3.25. The summed E-state index contributed by atoms with van der Waals surface area (Å²) in [6, 6.07) is 0. The molecule has 15 heavy (non-hydrogen) atoms. The highest BCUT2D eigenvalue weighted by Crippen LogP contribution is 2.30. The molecule has 84 valence electrons. The van der Waals surface area contributed by atoms with E-state index in [1.54, 1.807) is 0 Å². The molecule has 0 bridgehead atoms. The third kappa shape index (κ3) is 2.30. The number of aromatic nitrogens is 3. The highest BCUT2D eigenvalue weighted by molar-refractivity contribution is 7.71. The van der Waals surface area contributed by atoms with Crippen LogP contribution in [0, 0.1) is 10.7 Å². The Labute approximate surface area is 95.9 Å². The van der Waals surface area contributed by atoms with Gasteiger partial charge in [-0.25, -0.2) is 0 Å².